The first-order chi connectivity index (χ1) is 28.4. The summed E-state index contributed by atoms with van der Waals surface area (Å²) in [4.78, 5) is 26.9. The number of fused-ring (bicyclic) bond motifs is 3. The molecule has 13 heteroatoms. The Morgan fingerprint density at radius 3 is 2.58 bits per heavy atom. The van der Waals surface area contributed by atoms with Crippen LogP contribution in [0.2, 0.25) is 0 Å². The Morgan fingerprint density at radius 1 is 1.00 bits per heavy atom. The van der Waals surface area contributed by atoms with Gasteiger partial charge < -0.3 is 35.7 Å². The summed E-state index contributed by atoms with van der Waals surface area (Å²) in [6.07, 6.45) is 14.0. The van der Waals surface area contributed by atoms with E-state index in [0.29, 0.717) is 52.4 Å². The van der Waals surface area contributed by atoms with E-state index in [0.717, 1.165) is 84.0 Å². The number of para-hydroxylation sites is 1. The Labute approximate surface area is 351 Å². The van der Waals surface area contributed by atoms with Gasteiger partial charge in [0.25, 0.3) is 0 Å². The number of nitrogens with one attached hydrogen (secondary N) is 3. The minimum absolute atomic E-state index is 0.0422. The van der Waals surface area contributed by atoms with Crippen molar-refractivity contribution >= 4 is 61.9 Å². The number of likely N-dealkylation sites (tertiary alicyclic amines) is 1. The van der Waals surface area contributed by atoms with Crippen LogP contribution in [0.5, 0.6) is 0 Å². The quantitative estimate of drug-likeness (QED) is 0.0956. The van der Waals surface area contributed by atoms with E-state index >= 15 is 0 Å². The molecule has 0 spiro atoms. The number of carboxylic acid groups (broad SMARTS) is 1. The summed E-state index contributed by atoms with van der Waals surface area (Å²) in [7, 11) is 0. The molecule has 5 atom stereocenters. The van der Waals surface area contributed by atoms with Gasteiger partial charge in [-0.25, -0.2) is 14.8 Å². The maximum atomic E-state index is 12.9. The highest BCUT2D eigenvalue weighted by Crippen LogP contribution is 2.66. The number of aromatic carboxylic acids is 1. The first-order valence-electron chi connectivity index (χ1n) is 21.8. The molecule has 5 heterocycles. The lowest BCUT2D eigenvalue weighted by Crippen LogP contribution is -2.53. The van der Waals surface area contributed by atoms with Crippen LogP contribution < -0.4 is 15.5 Å². The lowest BCUT2D eigenvalue weighted by Gasteiger charge is -2.56. The minimum atomic E-state index is -1.13. The molecule has 12 nitrogen and oxygen atoms in total. The number of thiazole rings is 1. The fourth-order valence-corrected chi connectivity index (χ4v) is 13.1. The van der Waals surface area contributed by atoms with Crippen LogP contribution in [-0.2, 0) is 11.2 Å². The van der Waals surface area contributed by atoms with E-state index in [1.165, 1.54) is 57.8 Å². The molecule has 6 aliphatic rings. The van der Waals surface area contributed by atoms with E-state index in [1.54, 1.807) is 17.4 Å². The summed E-state index contributed by atoms with van der Waals surface area (Å²) in [6, 6.07) is 11.7. The van der Waals surface area contributed by atoms with Crippen LogP contribution in [-0.4, -0.2) is 87.3 Å². The summed E-state index contributed by atoms with van der Waals surface area (Å²) < 4.78 is 8.11. The van der Waals surface area contributed by atoms with Gasteiger partial charge in [0.15, 0.2) is 22.5 Å². The molecule has 0 amide bonds. The van der Waals surface area contributed by atoms with Gasteiger partial charge in [-0.2, -0.15) is 0 Å². The zero-order valence-corrected chi connectivity index (χ0v) is 35.9. The van der Waals surface area contributed by atoms with Crippen LogP contribution in [0.3, 0.4) is 0 Å². The first kappa shape index (κ1) is 40.0. The average Bonchev–Trinajstić information content (AvgIpc) is 3.56. The largest absolute Gasteiger partial charge is 0.476 e. The van der Waals surface area contributed by atoms with Crippen molar-refractivity contribution < 1.29 is 14.6 Å². The Bertz CT molecular complexity index is 2260. The van der Waals surface area contributed by atoms with Crippen molar-refractivity contribution in [1.29, 1.82) is 5.41 Å². The molecule has 59 heavy (non-hydrogen) atoms. The van der Waals surface area contributed by atoms with Gasteiger partial charge in [-0.05, 0) is 138 Å². The van der Waals surface area contributed by atoms with E-state index in [4.69, 9.17) is 20.1 Å². The number of aromatic nitrogens is 4. The molecule has 4 aromatic rings. The van der Waals surface area contributed by atoms with Crippen LogP contribution in [0.15, 0.2) is 42.1 Å². The topological polar surface area (TPSA) is 152 Å². The molecule has 4 saturated carbocycles. The molecule has 4 aliphatic carbocycles. The maximum Gasteiger partial charge on any atom is 0.355 e. The number of carbonyl (C=O) groups is 1. The highest BCUT2D eigenvalue weighted by Gasteiger charge is 2.60. The smallest absolute Gasteiger partial charge is 0.355 e. The molecule has 4 N–H and O–H groups in total. The van der Waals surface area contributed by atoms with E-state index in [9.17, 15) is 9.90 Å². The normalized spacial score (nSPS) is 28.2. The Kier molecular flexibility index (Phi) is 10.7. The second-order valence-corrected chi connectivity index (χ2v) is 20.0. The number of benzene rings is 1. The van der Waals surface area contributed by atoms with E-state index in [-0.39, 0.29) is 16.7 Å². The minimum Gasteiger partial charge on any atom is -0.476 e. The zero-order chi connectivity index (χ0) is 40.9. The summed E-state index contributed by atoms with van der Waals surface area (Å²) in [5, 5.41) is 36.1. The van der Waals surface area contributed by atoms with Crippen LogP contribution in [0.1, 0.15) is 112 Å². The van der Waals surface area contributed by atoms with Gasteiger partial charge in [0.2, 0.25) is 0 Å². The van der Waals surface area contributed by atoms with E-state index in [2.05, 4.69) is 45.6 Å². The van der Waals surface area contributed by atoms with E-state index < -0.39 is 5.97 Å². The summed E-state index contributed by atoms with van der Waals surface area (Å²) in [6.45, 7) is 14.7. The second-order valence-electron chi connectivity index (χ2n) is 19.0. The number of nitrogens with zero attached hydrogens (tertiary/aromatic N) is 6. The molecule has 0 radical (unpaired) electrons. The van der Waals surface area contributed by atoms with Gasteiger partial charge in [-0.15, -0.1) is 10.2 Å². The lowest BCUT2D eigenvalue weighted by atomic mass is 9.53. The number of pyridine rings is 1. The maximum absolute atomic E-state index is 12.9. The highest BCUT2D eigenvalue weighted by molar-refractivity contribution is 7.22. The molecule has 1 aromatic carbocycles. The third-order valence-electron chi connectivity index (χ3n) is 14.2. The lowest BCUT2D eigenvalue weighted by molar-refractivity contribution is -0.166. The van der Waals surface area contributed by atoms with Crippen molar-refractivity contribution in [2.24, 2.45) is 22.7 Å². The molecule has 10 rings (SSSR count). The first-order valence-corrected chi connectivity index (χ1v) is 22.6. The predicted molar refractivity (Wildman–Crippen MR) is 235 cm³/mol. The SMILES string of the molecule is C/C(NCC1CC2(C)CC3(C)CC1CC(OCCN1CCCCC1)(C2)C3)=C(/C=N)c1ccc(N2CCCc3c2nnc(Nc2nc4ccccc4s2)c3C)nc1C(=O)O. The fourth-order valence-electron chi connectivity index (χ4n) is 12.2. The van der Waals surface area contributed by atoms with Crippen molar-refractivity contribution in [3.05, 3.63) is 64.5 Å². The number of carboxylic acids is 1. The summed E-state index contributed by atoms with van der Waals surface area (Å²) >= 11 is 1.57. The van der Waals surface area contributed by atoms with Gasteiger partial charge in [0, 0.05) is 53.8 Å². The molecule has 2 aliphatic heterocycles. The summed E-state index contributed by atoms with van der Waals surface area (Å²) in [5.74, 6) is 1.74. The van der Waals surface area contributed by atoms with Crippen molar-refractivity contribution in [3.8, 4) is 0 Å². The number of piperidine rings is 1. The molecule has 1 saturated heterocycles. The monoisotopic (exact) mass is 817 g/mol. The number of allylic oxidation sites excluding steroid dienone is 2. The molecule has 312 valence electrons. The number of rotatable bonds is 13. The van der Waals surface area contributed by atoms with Gasteiger partial charge in [0.1, 0.15) is 5.82 Å². The molecule has 5 unspecified atom stereocenters. The van der Waals surface area contributed by atoms with Gasteiger partial charge >= 0.3 is 5.97 Å². The van der Waals surface area contributed by atoms with Gasteiger partial charge in [0.05, 0.1) is 22.4 Å². The van der Waals surface area contributed by atoms with Crippen molar-refractivity contribution in [2.75, 3.05) is 49.5 Å². The standard InChI is InChI=1S/C46H59N9O3S/c1-29-33-11-10-18-55(41(33)53-52-40(29)51-43-49-36-12-6-7-13-37(36)59-43)38-15-14-34(39(50-38)42(56)57)35(24-47)30(2)48-25-32-22-45(4)26-44(3)21-31(32)23-46(27-44,28-45)58-20-19-54-16-8-5-9-17-54/h6-7,12-15,24,31-32,47-48H,5,8-11,16-23,25-28H2,1-4H3,(H,56,57)(H,49,51,52)/b35-30+,47-24?. The van der Waals surface area contributed by atoms with E-state index in [1.807, 2.05) is 43.0 Å². The van der Waals surface area contributed by atoms with Crippen LogP contribution in [0.25, 0.3) is 15.8 Å². The number of anilines is 4. The molecular weight excluding hydrogens is 759 g/mol. The molecule has 3 aromatic heterocycles. The predicted octanol–water partition coefficient (Wildman–Crippen LogP) is 9.15. The number of hydrogen-bond acceptors (Lipinski definition) is 12. The van der Waals surface area contributed by atoms with Gasteiger partial charge in [-0.3, -0.25) is 0 Å². The Balaban J connectivity index is 0.919. The molecule has 5 fully saturated rings. The fraction of sp³-hybridized carbons (Fsp3) is 0.565. The highest BCUT2D eigenvalue weighted by atomic mass is 32.1. The molecule has 4 bridgehead atoms. The summed E-state index contributed by atoms with van der Waals surface area (Å²) in [5.41, 5.74) is 5.12. The number of hydrogen-bond donors (Lipinski definition) is 4. The zero-order valence-electron chi connectivity index (χ0n) is 35.1. The third-order valence-corrected chi connectivity index (χ3v) is 15.1. The van der Waals surface area contributed by atoms with Crippen LogP contribution in [0.4, 0.5) is 22.6 Å². The van der Waals surface area contributed by atoms with Crippen LogP contribution >= 0.6 is 11.3 Å². The Morgan fingerprint density at radius 2 is 1.80 bits per heavy atom. The van der Waals surface area contributed by atoms with Crippen LogP contribution in [0, 0.1) is 35.0 Å². The van der Waals surface area contributed by atoms with Crippen molar-refractivity contribution in [1.82, 2.24) is 30.4 Å². The third kappa shape index (κ3) is 7.98. The van der Waals surface area contributed by atoms with Crippen molar-refractivity contribution in [3.63, 3.8) is 0 Å². The molecular formula is C46H59N9O3S. The van der Waals surface area contributed by atoms with Gasteiger partial charge in [-0.1, -0.05) is 43.7 Å². The second kappa shape index (κ2) is 15.9. The average molecular weight is 818 g/mol. The number of ether oxygens (including phenoxy) is 1. The Hall–Kier alpha value is -4.46. The van der Waals surface area contributed by atoms with Crippen molar-refractivity contribution in [2.45, 2.75) is 104 Å².